The van der Waals surface area contributed by atoms with Crippen LogP contribution in [-0.4, -0.2) is 60.1 Å². The van der Waals surface area contributed by atoms with E-state index in [4.69, 9.17) is 25.6 Å². The first-order chi connectivity index (χ1) is 16.8. The minimum Gasteiger partial charge on any atom is -0.356 e. The van der Waals surface area contributed by atoms with Crippen LogP contribution in [0.15, 0.2) is 22.7 Å². The Morgan fingerprint density at radius 3 is 2.66 bits per heavy atom. The number of ether oxygens (including phenoxy) is 2. The Morgan fingerprint density at radius 1 is 1.17 bits per heavy atom. The van der Waals surface area contributed by atoms with E-state index in [9.17, 15) is 4.79 Å². The Hall–Kier alpha value is -1.67. The summed E-state index contributed by atoms with van der Waals surface area (Å²) < 4.78 is 16.9. The third-order valence-electron chi connectivity index (χ3n) is 7.98. The first kappa shape index (κ1) is 25.0. The Balaban J connectivity index is 0.989. The highest BCUT2D eigenvalue weighted by Crippen LogP contribution is 2.34. The fraction of sp³-hybridized carbons (Fsp3) is 0.704. The van der Waals surface area contributed by atoms with E-state index in [1.54, 1.807) is 0 Å². The van der Waals surface area contributed by atoms with E-state index in [1.165, 1.54) is 25.8 Å². The molecule has 1 amide bonds. The zero-order valence-corrected chi connectivity index (χ0v) is 21.7. The maximum absolute atomic E-state index is 12.4. The lowest BCUT2D eigenvalue weighted by molar-refractivity contribution is -0.143. The molecule has 1 aliphatic carbocycles. The first-order valence-electron chi connectivity index (χ1n) is 13.2. The quantitative estimate of drug-likeness (QED) is 0.554. The summed E-state index contributed by atoms with van der Waals surface area (Å²) in [5.41, 5.74) is 1.87. The molecule has 35 heavy (non-hydrogen) atoms. The number of hydrogen-bond donors (Lipinski definition) is 1. The minimum atomic E-state index is -0.572. The van der Waals surface area contributed by atoms with Gasteiger partial charge in [-0.15, -0.1) is 0 Å². The van der Waals surface area contributed by atoms with Gasteiger partial charge in [0.05, 0.1) is 24.8 Å². The molecule has 1 atom stereocenters. The molecule has 3 fully saturated rings. The van der Waals surface area contributed by atoms with Gasteiger partial charge < -0.3 is 24.2 Å². The maximum Gasteiger partial charge on any atom is 0.222 e. The zero-order chi connectivity index (χ0) is 24.4. The Morgan fingerprint density at radius 2 is 1.94 bits per heavy atom. The van der Waals surface area contributed by atoms with Crippen LogP contribution in [0, 0.1) is 5.92 Å². The molecule has 2 aliphatic heterocycles. The number of amides is 1. The number of nitrogens with one attached hydrogen (secondary N) is 1. The molecule has 3 heterocycles. The standard InChI is InChI=1S/C27H38ClN3O4/c1-27(2)33-17-22(34-27)16-25(32)29-21-6-3-18(4-7-21)9-12-31-13-10-19(11-14-31)26-23-8-5-20(28)15-24(23)35-30-26/h5,8,15,18-19,21-22H,3-4,6-7,9-14,16-17H2,1-2H3,(H,29,32)/t18?,21?,22-/m0/s1. The molecule has 2 aromatic rings. The van der Waals surface area contributed by atoms with Crippen molar-refractivity contribution in [2.45, 2.75) is 89.1 Å². The number of carbonyl (C=O) groups excluding carboxylic acids is 1. The molecule has 1 aromatic carbocycles. The molecule has 0 radical (unpaired) electrons. The molecular weight excluding hydrogens is 466 g/mol. The molecule has 1 aromatic heterocycles. The monoisotopic (exact) mass is 503 g/mol. The average molecular weight is 504 g/mol. The normalized spacial score (nSPS) is 27.9. The van der Waals surface area contributed by atoms with Crippen molar-refractivity contribution in [3.05, 3.63) is 28.9 Å². The van der Waals surface area contributed by atoms with Crippen LogP contribution in [-0.2, 0) is 14.3 Å². The van der Waals surface area contributed by atoms with Gasteiger partial charge in [-0.3, -0.25) is 4.79 Å². The average Bonchev–Trinajstić information content (AvgIpc) is 3.40. The molecule has 7 nitrogen and oxygen atoms in total. The summed E-state index contributed by atoms with van der Waals surface area (Å²) in [5, 5.41) is 9.38. The van der Waals surface area contributed by atoms with Crippen LogP contribution in [0.1, 0.15) is 76.8 Å². The van der Waals surface area contributed by atoms with Gasteiger partial charge in [0.1, 0.15) is 0 Å². The molecule has 192 valence electrons. The van der Waals surface area contributed by atoms with E-state index < -0.39 is 5.79 Å². The molecular formula is C27H38ClN3O4. The molecule has 5 rings (SSSR count). The molecule has 1 N–H and O–H groups in total. The van der Waals surface area contributed by atoms with Crippen molar-refractivity contribution in [1.29, 1.82) is 0 Å². The second-order valence-corrected chi connectivity index (χ2v) is 11.5. The van der Waals surface area contributed by atoms with Crippen LogP contribution >= 0.6 is 11.6 Å². The van der Waals surface area contributed by atoms with Crippen LogP contribution < -0.4 is 5.32 Å². The lowest BCUT2D eigenvalue weighted by Crippen LogP contribution is -2.40. The smallest absolute Gasteiger partial charge is 0.222 e. The fourth-order valence-electron chi connectivity index (χ4n) is 5.97. The Bertz CT molecular complexity index is 1010. The van der Waals surface area contributed by atoms with Gasteiger partial charge in [-0.2, -0.15) is 0 Å². The number of nitrogens with zero attached hydrogens (tertiary/aromatic N) is 2. The number of fused-ring (bicyclic) bond motifs is 1. The fourth-order valence-corrected chi connectivity index (χ4v) is 6.14. The van der Waals surface area contributed by atoms with E-state index in [0.717, 1.165) is 61.4 Å². The van der Waals surface area contributed by atoms with Crippen molar-refractivity contribution in [2.24, 2.45) is 5.92 Å². The number of aromatic nitrogens is 1. The zero-order valence-electron chi connectivity index (χ0n) is 20.9. The number of hydrogen-bond acceptors (Lipinski definition) is 6. The highest BCUT2D eigenvalue weighted by Gasteiger charge is 2.34. The predicted molar refractivity (Wildman–Crippen MR) is 135 cm³/mol. The van der Waals surface area contributed by atoms with E-state index in [-0.39, 0.29) is 12.0 Å². The van der Waals surface area contributed by atoms with Gasteiger partial charge in [0.2, 0.25) is 5.91 Å². The molecule has 0 unspecified atom stereocenters. The van der Waals surface area contributed by atoms with Crippen molar-refractivity contribution in [3.8, 4) is 0 Å². The van der Waals surface area contributed by atoms with Crippen molar-refractivity contribution in [2.75, 3.05) is 26.2 Å². The largest absolute Gasteiger partial charge is 0.356 e. The van der Waals surface area contributed by atoms with E-state index in [2.05, 4.69) is 15.4 Å². The van der Waals surface area contributed by atoms with E-state index in [0.29, 0.717) is 30.0 Å². The first-order valence-corrected chi connectivity index (χ1v) is 13.6. The Kier molecular flexibility index (Phi) is 7.68. The van der Waals surface area contributed by atoms with E-state index in [1.807, 2.05) is 32.0 Å². The summed E-state index contributed by atoms with van der Waals surface area (Å²) in [6.45, 7) is 7.67. The second-order valence-electron chi connectivity index (χ2n) is 11.1. The van der Waals surface area contributed by atoms with Gasteiger partial charge in [-0.05, 0) is 96.5 Å². The summed E-state index contributed by atoms with van der Waals surface area (Å²) in [5.74, 6) is 0.737. The highest BCUT2D eigenvalue weighted by molar-refractivity contribution is 6.31. The third-order valence-corrected chi connectivity index (χ3v) is 8.22. The van der Waals surface area contributed by atoms with Gasteiger partial charge >= 0.3 is 0 Å². The van der Waals surface area contributed by atoms with Gasteiger partial charge in [-0.1, -0.05) is 16.8 Å². The van der Waals surface area contributed by atoms with Gasteiger partial charge in [-0.25, -0.2) is 0 Å². The van der Waals surface area contributed by atoms with Crippen molar-refractivity contribution < 1.29 is 18.8 Å². The molecule has 0 bridgehead atoms. The number of halogens is 1. The summed E-state index contributed by atoms with van der Waals surface area (Å²) in [4.78, 5) is 15.0. The van der Waals surface area contributed by atoms with Crippen molar-refractivity contribution >= 4 is 28.5 Å². The molecule has 3 aliphatic rings. The SMILES string of the molecule is CC1(C)OC[C@H](CC(=O)NC2CCC(CCN3CCC(c4noc5cc(Cl)ccc45)CC3)CC2)O1. The predicted octanol–water partition coefficient (Wildman–Crippen LogP) is 5.27. The summed E-state index contributed by atoms with van der Waals surface area (Å²) in [6.07, 6.45) is 8.30. The van der Waals surface area contributed by atoms with Crippen molar-refractivity contribution in [1.82, 2.24) is 15.4 Å². The number of carbonyl (C=O) groups is 1. The second kappa shape index (κ2) is 10.8. The molecule has 8 heteroatoms. The lowest BCUT2D eigenvalue weighted by atomic mass is 9.83. The van der Waals surface area contributed by atoms with Crippen molar-refractivity contribution in [3.63, 3.8) is 0 Å². The van der Waals surface area contributed by atoms with Gasteiger partial charge in [0.15, 0.2) is 11.4 Å². The van der Waals surface area contributed by atoms with Crippen LogP contribution in [0.4, 0.5) is 0 Å². The summed E-state index contributed by atoms with van der Waals surface area (Å²) in [6, 6.07) is 6.10. The molecule has 2 saturated heterocycles. The number of benzene rings is 1. The topological polar surface area (TPSA) is 76.8 Å². The molecule has 0 spiro atoms. The van der Waals surface area contributed by atoms with Gasteiger partial charge in [0, 0.05) is 28.4 Å². The minimum absolute atomic E-state index is 0.0885. The van der Waals surface area contributed by atoms with E-state index >= 15 is 0 Å². The Labute approximate surface area is 212 Å². The van der Waals surface area contributed by atoms with Crippen LogP contribution in [0.5, 0.6) is 0 Å². The summed E-state index contributed by atoms with van der Waals surface area (Å²) >= 11 is 6.08. The number of rotatable bonds is 7. The third kappa shape index (κ3) is 6.37. The number of likely N-dealkylation sites (tertiary alicyclic amines) is 1. The van der Waals surface area contributed by atoms with Crippen LogP contribution in [0.3, 0.4) is 0 Å². The highest BCUT2D eigenvalue weighted by atomic mass is 35.5. The van der Waals surface area contributed by atoms with Crippen LogP contribution in [0.25, 0.3) is 11.0 Å². The maximum atomic E-state index is 12.4. The lowest BCUT2D eigenvalue weighted by Gasteiger charge is -2.34. The summed E-state index contributed by atoms with van der Waals surface area (Å²) in [7, 11) is 0. The number of piperidine rings is 1. The molecule has 1 saturated carbocycles. The van der Waals surface area contributed by atoms with Crippen LogP contribution in [0.2, 0.25) is 5.02 Å². The van der Waals surface area contributed by atoms with Gasteiger partial charge in [0.25, 0.3) is 0 Å².